The second kappa shape index (κ2) is 5.80. The molecule has 0 saturated heterocycles. The van der Waals surface area contributed by atoms with Gasteiger partial charge in [0.1, 0.15) is 13.0 Å². The third-order valence-electron chi connectivity index (χ3n) is 3.20. The molecule has 20 heavy (non-hydrogen) atoms. The molecule has 1 aromatic rings. The lowest BCUT2D eigenvalue weighted by Gasteiger charge is -2.35. The fourth-order valence-corrected chi connectivity index (χ4v) is 2.27. The van der Waals surface area contributed by atoms with Crippen molar-refractivity contribution in [2.24, 2.45) is 0 Å². The van der Waals surface area contributed by atoms with Crippen LogP contribution in [0.1, 0.15) is 13.3 Å². The summed E-state index contributed by atoms with van der Waals surface area (Å²) in [4.78, 5) is 13.6. The van der Waals surface area contributed by atoms with Crippen molar-refractivity contribution < 1.29 is 14.3 Å². The van der Waals surface area contributed by atoms with Gasteiger partial charge in [0.05, 0.1) is 24.1 Å². The van der Waals surface area contributed by atoms with Gasteiger partial charge in [-0.05, 0) is 19.1 Å². The van der Waals surface area contributed by atoms with E-state index in [1.54, 1.807) is 6.92 Å². The second-order valence-electron chi connectivity index (χ2n) is 4.41. The molecule has 1 unspecified atom stereocenters. The van der Waals surface area contributed by atoms with Crippen LogP contribution in [-0.4, -0.2) is 32.1 Å². The number of benzene rings is 1. The molecule has 1 aliphatic rings. The maximum Gasteiger partial charge on any atom is 0.312 e. The number of carbonyl (C=O) groups excluding carboxylic acids is 1. The van der Waals surface area contributed by atoms with Crippen molar-refractivity contribution in [3.63, 3.8) is 0 Å². The second-order valence-corrected chi connectivity index (χ2v) is 4.41. The molecule has 0 fully saturated rings. The van der Waals surface area contributed by atoms with Gasteiger partial charge in [0, 0.05) is 7.05 Å². The van der Waals surface area contributed by atoms with E-state index in [9.17, 15) is 4.79 Å². The molecular weight excluding hydrogens is 258 g/mol. The van der Waals surface area contributed by atoms with Gasteiger partial charge in [-0.1, -0.05) is 12.1 Å². The van der Waals surface area contributed by atoms with Crippen LogP contribution < -0.4 is 10.2 Å². The lowest BCUT2D eigenvalue weighted by atomic mass is 10.2. The summed E-state index contributed by atoms with van der Waals surface area (Å²) in [5.41, 5.74) is 1.77. The quantitative estimate of drug-likeness (QED) is 0.824. The number of fused-ring (bicyclic) bond motifs is 1. The molecule has 0 aromatic heterocycles. The van der Waals surface area contributed by atoms with E-state index in [0.717, 1.165) is 11.4 Å². The highest BCUT2D eigenvalue weighted by molar-refractivity contribution is 5.80. The zero-order chi connectivity index (χ0) is 14.6. The number of rotatable bonds is 5. The maximum absolute atomic E-state index is 11.8. The standard InChI is InChI=1S/C14H17N3O3/c1-3-19-13(18)10-14(20-9-8-15)16-11-6-4-5-7-12(11)17(14)2/h4-7,16H,3,9-10H2,1-2H3. The van der Waals surface area contributed by atoms with Gasteiger partial charge < -0.3 is 19.7 Å². The van der Waals surface area contributed by atoms with E-state index in [4.69, 9.17) is 14.7 Å². The molecule has 1 aromatic carbocycles. The van der Waals surface area contributed by atoms with Gasteiger partial charge in [0.25, 0.3) is 0 Å². The van der Waals surface area contributed by atoms with Crippen LogP contribution in [0.3, 0.4) is 0 Å². The van der Waals surface area contributed by atoms with Gasteiger partial charge >= 0.3 is 5.97 Å². The molecular formula is C14H17N3O3. The zero-order valence-corrected chi connectivity index (χ0v) is 11.5. The van der Waals surface area contributed by atoms with Gasteiger partial charge in [-0.2, -0.15) is 5.26 Å². The number of nitriles is 1. The predicted octanol–water partition coefficient (Wildman–Crippen LogP) is 1.70. The number of hydrogen-bond acceptors (Lipinski definition) is 6. The van der Waals surface area contributed by atoms with Crippen molar-refractivity contribution >= 4 is 17.3 Å². The van der Waals surface area contributed by atoms with Crippen LogP contribution in [0.2, 0.25) is 0 Å². The molecule has 1 atom stereocenters. The van der Waals surface area contributed by atoms with Crippen LogP contribution in [0.15, 0.2) is 24.3 Å². The SMILES string of the molecule is CCOC(=O)CC1(OCC#N)Nc2ccccc2N1C. The summed E-state index contributed by atoms with van der Waals surface area (Å²) in [5, 5.41) is 11.9. The smallest absolute Gasteiger partial charge is 0.312 e. The van der Waals surface area contributed by atoms with E-state index in [2.05, 4.69) is 5.32 Å². The molecule has 0 radical (unpaired) electrons. The van der Waals surface area contributed by atoms with Crippen LogP contribution in [-0.2, 0) is 14.3 Å². The van der Waals surface area contributed by atoms with Crippen LogP contribution in [0.25, 0.3) is 0 Å². The van der Waals surface area contributed by atoms with Crippen molar-refractivity contribution in [2.75, 3.05) is 30.5 Å². The first-order chi connectivity index (χ1) is 9.63. The molecule has 6 nitrogen and oxygen atoms in total. The molecule has 0 bridgehead atoms. The molecule has 106 valence electrons. The van der Waals surface area contributed by atoms with Crippen molar-refractivity contribution in [2.45, 2.75) is 19.2 Å². The Bertz CT molecular complexity index is 541. The van der Waals surface area contributed by atoms with E-state index in [1.165, 1.54) is 0 Å². The van der Waals surface area contributed by atoms with E-state index in [0.29, 0.717) is 6.61 Å². The summed E-state index contributed by atoms with van der Waals surface area (Å²) in [6.07, 6.45) is -0.00625. The Morgan fingerprint density at radius 1 is 1.50 bits per heavy atom. The lowest BCUT2D eigenvalue weighted by molar-refractivity contribution is -0.149. The highest BCUT2D eigenvalue weighted by Crippen LogP contribution is 2.40. The van der Waals surface area contributed by atoms with E-state index in [1.807, 2.05) is 42.3 Å². The Balaban J connectivity index is 2.26. The topological polar surface area (TPSA) is 74.6 Å². The Morgan fingerprint density at radius 2 is 2.25 bits per heavy atom. The fourth-order valence-electron chi connectivity index (χ4n) is 2.27. The molecule has 2 rings (SSSR count). The third-order valence-corrected chi connectivity index (χ3v) is 3.20. The average Bonchev–Trinajstić information content (AvgIpc) is 2.71. The summed E-state index contributed by atoms with van der Waals surface area (Å²) in [5.74, 6) is -1.45. The van der Waals surface area contributed by atoms with Crippen molar-refractivity contribution in [3.8, 4) is 6.07 Å². The molecule has 0 saturated carbocycles. The van der Waals surface area contributed by atoms with E-state index >= 15 is 0 Å². The van der Waals surface area contributed by atoms with Gasteiger partial charge in [-0.25, -0.2) is 0 Å². The lowest BCUT2D eigenvalue weighted by Crippen LogP contribution is -2.53. The monoisotopic (exact) mass is 275 g/mol. The van der Waals surface area contributed by atoms with Gasteiger partial charge in [-0.15, -0.1) is 0 Å². The van der Waals surface area contributed by atoms with Crippen LogP contribution >= 0.6 is 0 Å². The highest BCUT2D eigenvalue weighted by Gasteiger charge is 2.44. The van der Waals surface area contributed by atoms with E-state index < -0.39 is 5.85 Å². The van der Waals surface area contributed by atoms with Gasteiger partial charge in [0.15, 0.2) is 0 Å². The Kier molecular flexibility index (Phi) is 4.11. The molecule has 1 aliphatic heterocycles. The number of ether oxygens (including phenoxy) is 2. The Hall–Kier alpha value is -2.26. The van der Waals surface area contributed by atoms with Crippen molar-refractivity contribution in [1.29, 1.82) is 5.26 Å². The fraction of sp³-hybridized carbons (Fsp3) is 0.429. The predicted molar refractivity (Wildman–Crippen MR) is 74.0 cm³/mol. The number of nitrogens with zero attached hydrogens (tertiary/aromatic N) is 2. The Labute approximate surface area is 117 Å². The average molecular weight is 275 g/mol. The number of hydrogen-bond donors (Lipinski definition) is 1. The number of nitrogens with one attached hydrogen (secondary N) is 1. The first-order valence-electron chi connectivity index (χ1n) is 6.40. The molecule has 6 heteroatoms. The first-order valence-corrected chi connectivity index (χ1v) is 6.40. The number of anilines is 2. The van der Waals surface area contributed by atoms with Crippen molar-refractivity contribution in [3.05, 3.63) is 24.3 Å². The van der Waals surface area contributed by atoms with Crippen molar-refractivity contribution in [1.82, 2.24) is 0 Å². The number of esters is 1. The Morgan fingerprint density at radius 3 is 2.90 bits per heavy atom. The van der Waals surface area contributed by atoms with Crippen LogP contribution in [0.5, 0.6) is 0 Å². The molecule has 1 heterocycles. The normalized spacial score (nSPS) is 19.9. The largest absolute Gasteiger partial charge is 0.466 e. The molecule has 0 amide bonds. The number of carbonyl (C=O) groups is 1. The van der Waals surface area contributed by atoms with E-state index in [-0.39, 0.29) is 19.0 Å². The first kappa shape index (κ1) is 14.2. The molecule has 1 N–H and O–H groups in total. The summed E-state index contributed by atoms with van der Waals surface area (Å²) >= 11 is 0. The maximum atomic E-state index is 11.8. The highest BCUT2D eigenvalue weighted by atomic mass is 16.6. The van der Waals surface area contributed by atoms with Gasteiger partial charge in [0.2, 0.25) is 5.85 Å². The third kappa shape index (κ3) is 2.53. The summed E-state index contributed by atoms with van der Waals surface area (Å²) in [6, 6.07) is 9.55. The van der Waals surface area contributed by atoms with Crippen LogP contribution in [0, 0.1) is 11.3 Å². The van der Waals surface area contributed by atoms with Gasteiger partial charge in [-0.3, -0.25) is 4.79 Å². The number of para-hydroxylation sites is 2. The minimum Gasteiger partial charge on any atom is -0.466 e. The minimum absolute atomic E-state index is 0.00625. The zero-order valence-electron chi connectivity index (χ0n) is 11.5. The molecule has 0 spiro atoms. The summed E-state index contributed by atoms with van der Waals surface area (Å²) < 4.78 is 10.6. The summed E-state index contributed by atoms with van der Waals surface area (Å²) in [7, 11) is 1.81. The summed E-state index contributed by atoms with van der Waals surface area (Å²) in [6.45, 7) is 1.94. The molecule has 0 aliphatic carbocycles. The minimum atomic E-state index is -1.08. The van der Waals surface area contributed by atoms with Crippen LogP contribution in [0.4, 0.5) is 11.4 Å².